The first-order valence-electron chi connectivity index (χ1n) is 10.2. The number of benzene rings is 3. The molecule has 0 unspecified atom stereocenters. The van der Waals surface area contributed by atoms with Crippen LogP contribution in [0.25, 0.3) is 16.7 Å². The molecular weight excluding hydrogens is 386 g/mol. The second kappa shape index (κ2) is 7.65. The minimum atomic E-state index is -0.0266. The fourth-order valence-electron chi connectivity index (χ4n) is 3.80. The first kappa shape index (κ1) is 18.9. The fourth-order valence-corrected chi connectivity index (χ4v) is 3.80. The monoisotopic (exact) mass is 407 g/mol. The van der Waals surface area contributed by atoms with Crippen LogP contribution in [-0.2, 0) is 0 Å². The molecule has 0 saturated carbocycles. The van der Waals surface area contributed by atoms with E-state index in [-0.39, 0.29) is 11.8 Å². The molecule has 0 bridgehead atoms. The molecule has 0 aliphatic heterocycles. The molecule has 2 aromatic heterocycles. The van der Waals surface area contributed by atoms with Crippen LogP contribution in [0.1, 0.15) is 40.3 Å². The Labute approximate surface area is 179 Å². The van der Waals surface area contributed by atoms with Crippen molar-refractivity contribution in [3.63, 3.8) is 0 Å². The van der Waals surface area contributed by atoms with Gasteiger partial charge in [0.1, 0.15) is 5.82 Å². The molecule has 0 saturated heterocycles. The fraction of sp³-hybridized carbons (Fsp3) is 0.120. The summed E-state index contributed by atoms with van der Waals surface area (Å²) < 4.78 is 1.95. The summed E-state index contributed by atoms with van der Waals surface area (Å²) in [6, 6.07) is 25.1. The Morgan fingerprint density at radius 2 is 1.61 bits per heavy atom. The van der Waals surface area contributed by atoms with Gasteiger partial charge in [0, 0.05) is 11.1 Å². The van der Waals surface area contributed by atoms with Crippen molar-refractivity contribution in [3.8, 4) is 0 Å². The van der Waals surface area contributed by atoms with Crippen molar-refractivity contribution >= 4 is 28.3 Å². The van der Waals surface area contributed by atoms with Gasteiger partial charge in [0.05, 0.1) is 17.1 Å². The minimum Gasteiger partial charge on any atom is -0.360 e. The van der Waals surface area contributed by atoms with Crippen LogP contribution >= 0.6 is 0 Å². The van der Waals surface area contributed by atoms with Gasteiger partial charge in [0.2, 0.25) is 5.65 Å². The van der Waals surface area contributed by atoms with Gasteiger partial charge >= 0.3 is 0 Å². The normalized spacial score (nSPS) is 12.2. The first-order chi connectivity index (χ1) is 15.1. The number of carbonyl (C=O) groups excluding carboxylic acids is 1. The van der Waals surface area contributed by atoms with E-state index in [1.54, 1.807) is 0 Å². The average Bonchev–Trinajstić information content (AvgIpc) is 3.22. The standard InChI is InChI=1S/C25H21N5O/c1-16(18-9-5-3-6-10-18)26-24-25-29-28-17(2)30(25)22-15-20(13-14-21(22)27-24)23(31)19-11-7-4-8-12-19/h3-16H,1-2H3,(H,26,27)/t16-/m1/s1. The zero-order chi connectivity index (χ0) is 21.4. The van der Waals surface area contributed by atoms with Crippen LogP contribution < -0.4 is 5.32 Å². The lowest BCUT2D eigenvalue weighted by Gasteiger charge is -2.16. The third-order valence-electron chi connectivity index (χ3n) is 5.44. The Kier molecular flexibility index (Phi) is 4.67. The summed E-state index contributed by atoms with van der Waals surface area (Å²) in [5.41, 5.74) is 4.62. The van der Waals surface area contributed by atoms with Crippen molar-refractivity contribution in [1.29, 1.82) is 0 Å². The van der Waals surface area contributed by atoms with Gasteiger partial charge in [-0.15, -0.1) is 10.2 Å². The number of rotatable bonds is 5. The molecule has 31 heavy (non-hydrogen) atoms. The lowest BCUT2D eigenvalue weighted by atomic mass is 10.0. The SMILES string of the molecule is Cc1nnc2c(N[C@H](C)c3ccccc3)nc3ccc(C(=O)c4ccccc4)cc3n12. The first-order valence-corrected chi connectivity index (χ1v) is 10.2. The lowest BCUT2D eigenvalue weighted by Crippen LogP contribution is -2.10. The summed E-state index contributed by atoms with van der Waals surface area (Å²) in [6.07, 6.45) is 0. The number of anilines is 1. The molecule has 2 heterocycles. The van der Waals surface area contributed by atoms with E-state index in [9.17, 15) is 4.79 Å². The maximum Gasteiger partial charge on any atom is 0.204 e. The van der Waals surface area contributed by atoms with Crippen LogP contribution in [0.3, 0.4) is 0 Å². The van der Waals surface area contributed by atoms with E-state index in [0.29, 0.717) is 22.6 Å². The second-order valence-corrected chi connectivity index (χ2v) is 7.54. The van der Waals surface area contributed by atoms with E-state index in [2.05, 4.69) is 34.6 Å². The number of carbonyl (C=O) groups is 1. The Morgan fingerprint density at radius 1 is 0.903 bits per heavy atom. The van der Waals surface area contributed by atoms with Gasteiger partial charge in [-0.25, -0.2) is 4.98 Å². The lowest BCUT2D eigenvalue weighted by molar-refractivity contribution is 0.103. The Morgan fingerprint density at radius 3 is 2.35 bits per heavy atom. The van der Waals surface area contributed by atoms with E-state index in [1.165, 1.54) is 0 Å². The van der Waals surface area contributed by atoms with Crippen LogP contribution in [0.4, 0.5) is 5.82 Å². The molecular formula is C25H21N5O. The van der Waals surface area contributed by atoms with Crippen molar-refractivity contribution < 1.29 is 4.79 Å². The molecule has 5 rings (SSSR count). The van der Waals surface area contributed by atoms with E-state index in [0.717, 1.165) is 22.4 Å². The van der Waals surface area contributed by atoms with E-state index in [1.807, 2.05) is 78.1 Å². The predicted molar refractivity (Wildman–Crippen MR) is 121 cm³/mol. The van der Waals surface area contributed by atoms with Crippen LogP contribution in [0, 0.1) is 6.92 Å². The number of aryl methyl sites for hydroxylation is 1. The van der Waals surface area contributed by atoms with Crippen molar-refractivity contribution in [2.24, 2.45) is 0 Å². The number of fused-ring (bicyclic) bond motifs is 3. The quantitative estimate of drug-likeness (QED) is 0.416. The topological polar surface area (TPSA) is 72.2 Å². The highest BCUT2D eigenvalue weighted by molar-refractivity contribution is 6.10. The van der Waals surface area contributed by atoms with Crippen molar-refractivity contribution in [2.75, 3.05) is 5.32 Å². The van der Waals surface area contributed by atoms with E-state index < -0.39 is 0 Å². The number of aromatic nitrogens is 4. The van der Waals surface area contributed by atoms with E-state index in [4.69, 9.17) is 4.98 Å². The zero-order valence-corrected chi connectivity index (χ0v) is 17.3. The number of hydrogen-bond donors (Lipinski definition) is 1. The third-order valence-corrected chi connectivity index (χ3v) is 5.44. The summed E-state index contributed by atoms with van der Waals surface area (Å²) in [6.45, 7) is 3.98. The molecule has 5 aromatic rings. The molecule has 0 aliphatic carbocycles. The van der Waals surface area contributed by atoms with Gasteiger partial charge < -0.3 is 5.32 Å². The zero-order valence-electron chi connectivity index (χ0n) is 17.3. The highest BCUT2D eigenvalue weighted by atomic mass is 16.1. The van der Waals surface area contributed by atoms with Crippen molar-refractivity contribution in [1.82, 2.24) is 19.6 Å². The van der Waals surface area contributed by atoms with Gasteiger partial charge in [-0.2, -0.15) is 0 Å². The molecule has 0 amide bonds. The van der Waals surface area contributed by atoms with E-state index >= 15 is 0 Å². The Balaban J connectivity index is 1.61. The molecule has 1 N–H and O–H groups in total. The maximum absolute atomic E-state index is 12.9. The molecule has 152 valence electrons. The van der Waals surface area contributed by atoms with Crippen molar-refractivity contribution in [3.05, 3.63) is 101 Å². The highest BCUT2D eigenvalue weighted by Gasteiger charge is 2.17. The minimum absolute atomic E-state index is 0.0266. The van der Waals surface area contributed by atoms with Crippen LogP contribution in [0.15, 0.2) is 78.9 Å². The third kappa shape index (κ3) is 3.42. The van der Waals surface area contributed by atoms with Gasteiger partial charge in [-0.05, 0) is 37.6 Å². The molecule has 6 nitrogen and oxygen atoms in total. The van der Waals surface area contributed by atoms with Crippen LogP contribution in [-0.4, -0.2) is 25.4 Å². The second-order valence-electron chi connectivity index (χ2n) is 7.54. The van der Waals surface area contributed by atoms with Crippen molar-refractivity contribution in [2.45, 2.75) is 19.9 Å². The van der Waals surface area contributed by atoms with Crippen LogP contribution in [0.2, 0.25) is 0 Å². The van der Waals surface area contributed by atoms with Gasteiger partial charge in [0.15, 0.2) is 11.6 Å². The molecule has 0 fully saturated rings. The highest BCUT2D eigenvalue weighted by Crippen LogP contribution is 2.26. The summed E-state index contributed by atoms with van der Waals surface area (Å²) in [5.74, 6) is 1.37. The Hall–Kier alpha value is -4.06. The summed E-state index contributed by atoms with van der Waals surface area (Å²) >= 11 is 0. The molecule has 0 radical (unpaired) electrons. The molecule has 3 aromatic carbocycles. The largest absolute Gasteiger partial charge is 0.360 e. The Bertz CT molecular complexity index is 1390. The van der Waals surface area contributed by atoms with Crippen LogP contribution in [0.5, 0.6) is 0 Å². The average molecular weight is 407 g/mol. The molecule has 1 atom stereocenters. The summed E-state index contributed by atoms with van der Waals surface area (Å²) in [7, 11) is 0. The number of ketones is 1. The molecule has 0 aliphatic rings. The molecule has 0 spiro atoms. The number of hydrogen-bond acceptors (Lipinski definition) is 5. The maximum atomic E-state index is 12.9. The van der Waals surface area contributed by atoms with Gasteiger partial charge in [-0.3, -0.25) is 9.20 Å². The summed E-state index contributed by atoms with van der Waals surface area (Å²) in [5, 5.41) is 12.1. The predicted octanol–water partition coefficient (Wildman–Crippen LogP) is 4.99. The summed E-state index contributed by atoms with van der Waals surface area (Å²) in [4.78, 5) is 17.8. The molecule has 6 heteroatoms. The number of nitrogens with one attached hydrogen (secondary N) is 1. The van der Waals surface area contributed by atoms with Gasteiger partial charge in [-0.1, -0.05) is 60.7 Å². The van der Waals surface area contributed by atoms with Gasteiger partial charge in [0.25, 0.3) is 0 Å². The smallest absolute Gasteiger partial charge is 0.204 e. The number of nitrogens with zero attached hydrogens (tertiary/aromatic N) is 4.